The zero-order chi connectivity index (χ0) is 14.9. The SMILES string of the molecule is Cc1cc(F)cc(S(=O)(=O)NC2CCC(=O)NC2=O)c1. The molecule has 1 aliphatic heterocycles. The van der Waals surface area contributed by atoms with E-state index in [1.54, 1.807) is 6.92 Å². The number of benzene rings is 1. The number of carbonyl (C=O) groups excluding carboxylic acids is 2. The summed E-state index contributed by atoms with van der Waals surface area (Å²) in [6.07, 6.45) is 0.138. The third-order valence-electron chi connectivity index (χ3n) is 2.86. The second-order valence-electron chi connectivity index (χ2n) is 4.59. The molecule has 0 saturated carbocycles. The van der Waals surface area contributed by atoms with E-state index in [0.717, 1.165) is 6.07 Å². The minimum atomic E-state index is -4.02. The highest BCUT2D eigenvalue weighted by Crippen LogP contribution is 2.16. The summed E-state index contributed by atoms with van der Waals surface area (Å²) >= 11 is 0. The Kier molecular flexibility index (Phi) is 3.87. The number of sulfonamides is 1. The number of halogens is 1. The van der Waals surface area contributed by atoms with Crippen molar-refractivity contribution in [2.45, 2.75) is 30.7 Å². The van der Waals surface area contributed by atoms with Crippen molar-refractivity contribution in [2.24, 2.45) is 0 Å². The lowest BCUT2D eigenvalue weighted by atomic mass is 10.1. The Hall–Kier alpha value is -1.80. The number of aryl methyl sites for hydroxylation is 1. The first-order chi connectivity index (χ1) is 9.28. The molecule has 0 spiro atoms. The van der Waals surface area contributed by atoms with Gasteiger partial charge in [0.2, 0.25) is 21.8 Å². The van der Waals surface area contributed by atoms with Gasteiger partial charge in [-0.1, -0.05) is 0 Å². The highest BCUT2D eigenvalue weighted by molar-refractivity contribution is 7.89. The molecule has 2 N–H and O–H groups in total. The van der Waals surface area contributed by atoms with Gasteiger partial charge in [0.15, 0.2) is 0 Å². The molecule has 1 unspecified atom stereocenters. The average molecular weight is 300 g/mol. The summed E-state index contributed by atoms with van der Waals surface area (Å²) in [5, 5.41) is 2.05. The maximum atomic E-state index is 13.2. The van der Waals surface area contributed by atoms with Crippen molar-refractivity contribution in [1.29, 1.82) is 0 Å². The first-order valence-electron chi connectivity index (χ1n) is 5.91. The quantitative estimate of drug-likeness (QED) is 0.781. The number of imide groups is 1. The van der Waals surface area contributed by atoms with E-state index >= 15 is 0 Å². The van der Waals surface area contributed by atoms with Gasteiger partial charge in [0.25, 0.3) is 0 Å². The maximum absolute atomic E-state index is 13.2. The number of piperidine rings is 1. The molecule has 1 saturated heterocycles. The van der Waals surface area contributed by atoms with Crippen LogP contribution in [0.5, 0.6) is 0 Å². The molecule has 6 nitrogen and oxygen atoms in total. The number of hydrogen-bond acceptors (Lipinski definition) is 4. The average Bonchev–Trinajstić information content (AvgIpc) is 2.31. The number of amides is 2. The van der Waals surface area contributed by atoms with Crippen LogP contribution in [0.3, 0.4) is 0 Å². The van der Waals surface area contributed by atoms with Gasteiger partial charge in [-0.05, 0) is 37.1 Å². The lowest BCUT2D eigenvalue weighted by molar-refractivity contribution is -0.134. The molecule has 2 amide bonds. The summed E-state index contributed by atoms with van der Waals surface area (Å²) in [7, 11) is -4.02. The summed E-state index contributed by atoms with van der Waals surface area (Å²) in [6.45, 7) is 1.56. The summed E-state index contributed by atoms with van der Waals surface area (Å²) in [6, 6.07) is 2.35. The van der Waals surface area contributed by atoms with Crippen LogP contribution in [0, 0.1) is 12.7 Å². The summed E-state index contributed by atoms with van der Waals surface area (Å²) in [5.74, 6) is -1.81. The second kappa shape index (κ2) is 5.29. The van der Waals surface area contributed by atoms with Crippen LogP contribution >= 0.6 is 0 Å². The molecule has 1 aliphatic rings. The van der Waals surface area contributed by atoms with Crippen molar-refractivity contribution in [3.05, 3.63) is 29.6 Å². The van der Waals surface area contributed by atoms with E-state index in [4.69, 9.17) is 0 Å². The van der Waals surface area contributed by atoms with Crippen molar-refractivity contribution < 1.29 is 22.4 Å². The van der Waals surface area contributed by atoms with Crippen LogP contribution in [0.2, 0.25) is 0 Å². The van der Waals surface area contributed by atoms with Crippen LogP contribution < -0.4 is 10.0 Å². The molecule has 1 aromatic rings. The van der Waals surface area contributed by atoms with Crippen LogP contribution in [-0.4, -0.2) is 26.3 Å². The zero-order valence-corrected chi connectivity index (χ0v) is 11.5. The molecule has 2 rings (SSSR count). The molecular formula is C12H13FN2O4S. The van der Waals surface area contributed by atoms with Gasteiger partial charge < -0.3 is 0 Å². The summed E-state index contributed by atoms with van der Waals surface area (Å²) < 4.78 is 39.6. The van der Waals surface area contributed by atoms with Crippen molar-refractivity contribution in [3.8, 4) is 0 Å². The smallest absolute Gasteiger partial charge is 0.244 e. The molecule has 8 heteroatoms. The van der Waals surface area contributed by atoms with Crippen molar-refractivity contribution in [3.63, 3.8) is 0 Å². The molecule has 1 aromatic carbocycles. The van der Waals surface area contributed by atoms with Gasteiger partial charge in [-0.25, -0.2) is 12.8 Å². The van der Waals surface area contributed by atoms with Crippen LogP contribution in [0.25, 0.3) is 0 Å². The third kappa shape index (κ3) is 3.20. The summed E-state index contributed by atoms with van der Waals surface area (Å²) in [5.41, 5.74) is 0.452. The highest BCUT2D eigenvalue weighted by atomic mass is 32.2. The van der Waals surface area contributed by atoms with E-state index in [9.17, 15) is 22.4 Å². The second-order valence-corrected chi connectivity index (χ2v) is 6.30. The van der Waals surface area contributed by atoms with Crippen molar-refractivity contribution >= 4 is 21.8 Å². The molecule has 1 heterocycles. The van der Waals surface area contributed by atoms with Crippen molar-refractivity contribution in [2.75, 3.05) is 0 Å². The van der Waals surface area contributed by atoms with Crippen LogP contribution in [-0.2, 0) is 19.6 Å². The number of carbonyl (C=O) groups is 2. The van der Waals surface area contributed by atoms with Crippen LogP contribution in [0.1, 0.15) is 18.4 Å². The Morgan fingerprint density at radius 3 is 2.60 bits per heavy atom. The van der Waals surface area contributed by atoms with E-state index in [-0.39, 0.29) is 17.7 Å². The van der Waals surface area contributed by atoms with Crippen LogP contribution in [0.15, 0.2) is 23.1 Å². The topological polar surface area (TPSA) is 92.3 Å². The minimum absolute atomic E-state index is 0.0567. The Morgan fingerprint density at radius 2 is 2.00 bits per heavy atom. The lowest BCUT2D eigenvalue weighted by Crippen LogP contribution is -2.52. The normalized spacial score (nSPS) is 19.8. The van der Waals surface area contributed by atoms with Crippen LogP contribution in [0.4, 0.5) is 4.39 Å². The minimum Gasteiger partial charge on any atom is -0.295 e. The van der Waals surface area contributed by atoms with E-state index in [1.807, 2.05) is 5.32 Å². The third-order valence-corrected chi connectivity index (χ3v) is 4.31. The molecular weight excluding hydrogens is 287 g/mol. The predicted octanol–water partition coefficient (Wildman–Crippen LogP) is 0.218. The zero-order valence-electron chi connectivity index (χ0n) is 10.6. The standard InChI is InChI=1S/C12H13FN2O4S/c1-7-4-8(13)6-9(5-7)20(18,19)15-10-2-3-11(16)14-12(10)17/h4-6,10,15H,2-3H2,1H3,(H,14,16,17). The Morgan fingerprint density at radius 1 is 1.30 bits per heavy atom. The van der Waals surface area contributed by atoms with Gasteiger partial charge in [-0.3, -0.25) is 14.9 Å². The van der Waals surface area contributed by atoms with E-state index in [0.29, 0.717) is 5.56 Å². The van der Waals surface area contributed by atoms with Gasteiger partial charge in [-0.15, -0.1) is 0 Å². The molecule has 20 heavy (non-hydrogen) atoms. The lowest BCUT2D eigenvalue weighted by Gasteiger charge is -2.21. The van der Waals surface area contributed by atoms with E-state index in [1.165, 1.54) is 12.1 Å². The summed E-state index contributed by atoms with van der Waals surface area (Å²) in [4.78, 5) is 22.2. The fourth-order valence-electron chi connectivity index (χ4n) is 1.92. The van der Waals surface area contributed by atoms with Gasteiger partial charge >= 0.3 is 0 Å². The van der Waals surface area contributed by atoms with E-state index < -0.39 is 33.7 Å². The molecule has 108 valence electrons. The predicted molar refractivity (Wildman–Crippen MR) is 67.6 cm³/mol. The fourth-order valence-corrected chi connectivity index (χ4v) is 3.26. The first-order valence-corrected chi connectivity index (χ1v) is 7.39. The Labute approximate surface area is 115 Å². The Bertz CT molecular complexity index is 652. The van der Waals surface area contributed by atoms with Gasteiger partial charge in [-0.2, -0.15) is 4.72 Å². The molecule has 1 fully saturated rings. The first kappa shape index (κ1) is 14.6. The van der Waals surface area contributed by atoms with Gasteiger partial charge in [0.05, 0.1) is 4.90 Å². The number of rotatable bonds is 3. The van der Waals surface area contributed by atoms with Gasteiger partial charge in [0.1, 0.15) is 11.9 Å². The van der Waals surface area contributed by atoms with Gasteiger partial charge in [0, 0.05) is 6.42 Å². The number of hydrogen-bond donors (Lipinski definition) is 2. The Balaban J connectivity index is 2.23. The largest absolute Gasteiger partial charge is 0.295 e. The highest BCUT2D eigenvalue weighted by Gasteiger charge is 2.30. The molecule has 0 radical (unpaired) electrons. The van der Waals surface area contributed by atoms with E-state index in [2.05, 4.69) is 4.72 Å². The molecule has 0 aliphatic carbocycles. The molecule has 0 aromatic heterocycles. The number of nitrogens with one attached hydrogen (secondary N) is 2. The molecule has 1 atom stereocenters. The van der Waals surface area contributed by atoms with Crippen molar-refractivity contribution in [1.82, 2.24) is 10.0 Å². The molecule has 0 bridgehead atoms. The maximum Gasteiger partial charge on any atom is 0.244 e. The monoisotopic (exact) mass is 300 g/mol. The fraction of sp³-hybridized carbons (Fsp3) is 0.333.